The minimum Gasteiger partial charge on any atom is -0.487 e. The zero-order valence-electron chi connectivity index (χ0n) is 12.4. The van der Waals surface area contributed by atoms with Crippen molar-refractivity contribution >= 4 is 17.6 Å². The fourth-order valence-corrected chi connectivity index (χ4v) is 1.75. The van der Waals surface area contributed by atoms with E-state index in [1.165, 1.54) is 0 Å². The van der Waals surface area contributed by atoms with Crippen LogP contribution in [0.2, 0.25) is 5.02 Å². The number of nitrogens with one attached hydrogen (secondary N) is 1. The molecule has 1 aromatic rings. The number of para-hydroxylation sites is 1. The summed E-state index contributed by atoms with van der Waals surface area (Å²) in [5, 5.41) is 3.69. The minimum atomic E-state index is -0.0830. The molecule has 0 saturated carbocycles. The van der Waals surface area contributed by atoms with Gasteiger partial charge in [-0.2, -0.15) is 0 Å². The van der Waals surface area contributed by atoms with E-state index in [0.717, 1.165) is 13.0 Å². The van der Waals surface area contributed by atoms with Crippen LogP contribution < -0.4 is 15.8 Å². The first kappa shape index (κ1) is 16.6. The Kier molecular flexibility index (Phi) is 7.23. The van der Waals surface area contributed by atoms with Gasteiger partial charge in [0.1, 0.15) is 11.9 Å². The Morgan fingerprint density at radius 3 is 2.70 bits per heavy atom. The summed E-state index contributed by atoms with van der Waals surface area (Å²) in [6.45, 7) is 7.62. The summed E-state index contributed by atoms with van der Waals surface area (Å²) >= 11 is 6.03. The molecule has 0 aromatic heterocycles. The van der Waals surface area contributed by atoms with Gasteiger partial charge in [-0.25, -0.2) is 4.99 Å². The predicted octanol–water partition coefficient (Wildman–Crippen LogP) is 3.06. The van der Waals surface area contributed by atoms with E-state index in [1.807, 2.05) is 25.1 Å². The van der Waals surface area contributed by atoms with E-state index in [1.54, 1.807) is 6.07 Å². The summed E-state index contributed by atoms with van der Waals surface area (Å²) in [6, 6.07) is 7.40. The van der Waals surface area contributed by atoms with Gasteiger partial charge in [0, 0.05) is 6.54 Å². The lowest BCUT2D eigenvalue weighted by Gasteiger charge is -2.14. The maximum atomic E-state index is 6.03. The molecule has 1 aromatic carbocycles. The van der Waals surface area contributed by atoms with Gasteiger partial charge in [0.25, 0.3) is 0 Å². The lowest BCUT2D eigenvalue weighted by molar-refractivity contribution is 0.230. The van der Waals surface area contributed by atoms with Gasteiger partial charge in [-0.3, -0.25) is 0 Å². The SMILES string of the molecule is CC(C)CCNC(N)=NCC(C)Oc1ccccc1Cl. The second-order valence-corrected chi connectivity index (χ2v) is 5.60. The summed E-state index contributed by atoms with van der Waals surface area (Å²) in [4.78, 5) is 4.26. The van der Waals surface area contributed by atoms with Crippen molar-refractivity contribution < 1.29 is 4.74 Å². The molecule has 1 rings (SSSR count). The number of guanidine groups is 1. The molecule has 0 aliphatic carbocycles. The number of halogens is 1. The monoisotopic (exact) mass is 297 g/mol. The third kappa shape index (κ3) is 6.66. The van der Waals surface area contributed by atoms with Crippen molar-refractivity contribution in [2.75, 3.05) is 13.1 Å². The smallest absolute Gasteiger partial charge is 0.188 e. The molecule has 0 aliphatic heterocycles. The zero-order chi connectivity index (χ0) is 15.0. The predicted molar refractivity (Wildman–Crippen MR) is 85.5 cm³/mol. The Balaban J connectivity index is 2.35. The van der Waals surface area contributed by atoms with E-state index in [-0.39, 0.29) is 6.10 Å². The summed E-state index contributed by atoms with van der Waals surface area (Å²) in [6.07, 6.45) is 0.988. The number of nitrogens with zero attached hydrogens (tertiary/aromatic N) is 1. The highest BCUT2D eigenvalue weighted by atomic mass is 35.5. The molecule has 1 atom stereocenters. The molecule has 20 heavy (non-hydrogen) atoms. The number of hydrogen-bond acceptors (Lipinski definition) is 2. The second kappa shape index (κ2) is 8.69. The van der Waals surface area contributed by atoms with Crippen LogP contribution >= 0.6 is 11.6 Å². The van der Waals surface area contributed by atoms with Crippen molar-refractivity contribution in [3.63, 3.8) is 0 Å². The maximum absolute atomic E-state index is 6.03. The molecular weight excluding hydrogens is 274 g/mol. The fourth-order valence-electron chi connectivity index (χ4n) is 1.57. The van der Waals surface area contributed by atoms with Gasteiger partial charge >= 0.3 is 0 Å². The van der Waals surface area contributed by atoms with E-state index in [0.29, 0.717) is 29.2 Å². The summed E-state index contributed by atoms with van der Waals surface area (Å²) < 4.78 is 5.72. The molecule has 5 heteroatoms. The highest BCUT2D eigenvalue weighted by Gasteiger charge is 2.06. The molecule has 0 fully saturated rings. The lowest BCUT2D eigenvalue weighted by Crippen LogP contribution is -2.34. The second-order valence-electron chi connectivity index (χ2n) is 5.19. The lowest BCUT2D eigenvalue weighted by atomic mass is 10.1. The first-order valence-electron chi connectivity index (χ1n) is 6.94. The van der Waals surface area contributed by atoms with Gasteiger partial charge in [-0.05, 0) is 31.4 Å². The highest BCUT2D eigenvalue weighted by molar-refractivity contribution is 6.32. The first-order chi connectivity index (χ1) is 9.49. The topological polar surface area (TPSA) is 59.6 Å². The first-order valence-corrected chi connectivity index (χ1v) is 7.31. The maximum Gasteiger partial charge on any atom is 0.188 e. The van der Waals surface area contributed by atoms with Crippen molar-refractivity contribution in [1.82, 2.24) is 5.32 Å². The van der Waals surface area contributed by atoms with Crippen molar-refractivity contribution in [1.29, 1.82) is 0 Å². The Labute approximate surface area is 126 Å². The van der Waals surface area contributed by atoms with E-state index in [9.17, 15) is 0 Å². The normalized spacial score (nSPS) is 13.3. The van der Waals surface area contributed by atoms with Gasteiger partial charge in [0.15, 0.2) is 5.96 Å². The van der Waals surface area contributed by atoms with Gasteiger partial charge < -0.3 is 15.8 Å². The van der Waals surface area contributed by atoms with Crippen LogP contribution in [-0.2, 0) is 0 Å². The molecule has 0 aliphatic rings. The molecule has 0 amide bonds. The summed E-state index contributed by atoms with van der Waals surface area (Å²) in [5.74, 6) is 1.78. The van der Waals surface area contributed by atoms with Crippen LogP contribution in [0, 0.1) is 5.92 Å². The Hall–Kier alpha value is -1.42. The largest absolute Gasteiger partial charge is 0.487 e. The highest BCUT2D eigenvalue weighted by Crippen LogP contribution is 2.24. The van der Waals surface area contributed by atoms with Crippen LogP contribution in [0.3, 0.4) is 0 Å². The summed E-state index contributed by atoms with van der Waals surface area (Å²) in [5.41, 5.74) is 5.79. The van der Waals surface area contributed by atoms with Gasteiger partial charge in [-0.15, -0.1) is 0 Å². The number of rotatable bonds is 7. The van der Waals surface area contributed by atoms with E-state index in [2.05, 4.69) is 24.2 Å². The van der Waals surface area contributed by atoms with Crippen molar-refractivity contribution in [2.45, 2.75) is 33.3 Å². The van der Waals surface area contributed by atoms with E-state index in [4.69, 9.17) is 22.1 Å². The summed E-state index contributed by atoms with van der Waals surface area (Å²) in [7, 11) is 0. The fraction of sp³-hybridized carbons (Fsp3) is 0.533. The molecule has 4 nitrogen and oxygen atoms in total. The van der Waals surface area contributed by atoms with Crippen molar-refractivity contribution in [3.8, 4) is 5.75 Å². The quantitative estimate of drug-likeness (QED) is 0.601. The number of nitrogens with two attached hydrogens (primary N) is 1. The van der Waals surface area contributed by atoms with Crippen LogP contribution in [0.15, 0.2) is 29.3 Å². The number of ether oxygens (including phenoxy) is 1. The van der Waals surface area contributed by atoms with Crippen molar-refractivity contribution in [3.05, 3.63) is 29.3 Å². The molecule has 3 N–H and O–H groups in total. The molecule has 1 unspecified atom stereocenters. The Morgan fingerprint density at radius 2 is 2.05 bits per heavy atom. The average molecular weight is 298 g/mol. The standard InChI is InChI=1S/C15H24ClN3O/c1-11(2)8-9-18-15(17)19-10-12(3)20-14-7-5-4-6-13(14)16/h4-7,11-12H,8-10H2,1-3H3,(H3,17,18,19). The number of benzene rings is 1. The molecule has 0 saturated heterocycles. The van der Waals surface area contributed by atoms with Gasteiger partial charge in [-0.1, -0.05) is 37.6 Å². The molecule has 112 valence electrons. The molecular formula is C15H24ClN3O. The average Bonchev–Trinajstić information content (AvgIpc) is 2.39. The molecule has 0 spiro atoms. The van der Waals surface area contributed by atoms with E-state index >= 15 is 0 Å². The van der Waals surface area contributed by atoms with Gasteiger partial charge in [0.05, 0.1) is 11.6 Å². The third-order valence-corrected chi connectivity index (χ3v) is 3.02. The Morgan fingerprint density at radius 1 is 1.35 bits per heavy atom. The van der Waals surface area contributed by atoms with Crippen molar-refractivity contribution in [2.24, 2.45) is 16.6 Å². The minimum absolute atomic E-state index is 0.0830. The van der Waals surface area contributed by atoms with Crippen LogP contribution in [-0.4, -0.2) is 25.2 Å². The Bertz CT molecular complexity index is 435. The van der Waals surface area contributed by atoms with Crippen LogP contribution in [0.1, 0.15) is 27.2 Å². The molecule has 0 radical (unpaired) electrons. The molecule has 0 heterocycles. The van der Waals surface area contributed by atoms with Crippen LogP contribution in [0.5, 0.6) is 5.75 Å². The number of aliphatic imine (C=N–C) groups is 1. The van der Waals surface area contributed by atoms with E-state index < -0.39 is 0 Å². The van der Waals surface area contributed by atoms with Crippen LogP contribution in [0.4, 0.5) is 0 Å². The number of hydrogen-bond donors (Lipinski definition) is 2. The third-order valence-electron chi connectivity index (χ3n) is 2.71. The zero-order valence-corrected chi connectivity index (χ0v) is 13.2. The van der Waals surface area contributed by atoms with Gasteiger partial charge in [0.2, 0.25) is 0 Å². The molecule has 0 bridgehead atoms. The van der Waals surface area contributed by atoms with Crippen LogP contribution in [0.25, 0.3) is 0 Å².